The van der Waals surface area contributed by atoms with Crippen LogP contribution in [0.1, 0.15) is 12.0 Å². The number of nitrogens with two attached hydrogens (primary N) is 1. The van der Waals surface area contributed by atoms with Gasteiger partial charge in [0.05, 0.1) is 31.4 Å². The Balaban J connectivity index is 1.62. The number of aliphatic hydroxyl groups excluding tert-OH is 3. The zero-order chi connectivity index (χ0) is 18.3. The van der Waals surface area contributed by atoms with Gasteiger partial charge in [-0.1, -0.05) is 0 Å². The highest BCUT2D eigenvalue weighted by Gasteiger charge is 2.44. The van der Waals surface area contributed by atoms with Crippen molar-refractivity contribution in [2.75, 3.05) is 17.7 Å². The predicted molar refractivity (Wildman–Crippen MR) is 88.8 cm³/mol. The van der Waals surface area contributed by atoms with Crippen molar-refractivity contribution in [2.45, 2.75) is 31.1 Å². The molecule has 0 amide bonds. The van der Waals surface area contributed by atoms with Gasteiger partial charge in [0.25, 0.3) is 0 Å². The van der Waals surface area contributed by atoms with Crippen LogP contribution in [0.4, 0.5) is 11.5 Å². The van der Waals surface area contributed by atoms with Crippen LogP contribution in [0.3, 0.4) is 0 Å². The van der Waals surface area contributed by atoms with Gasteiger partial charge in [-0.25, -0.2) is 15.0 Å². The zero-order valence-electron chi connectivity index (χ0n) is 13.6. The van der Waals surface area contributed by atoms with Crippen LogP contribution < -0.4 is 11.1 Å². The fourth-order valence-electron chi connectivity index (χ4n) is 2.94. The lowest BCUT2D eigenvalue weighted by atomic mass is 10.1. The fraction of sp³-hybridized carbons (Fsp3) is 0.400. The average molecular weight is 362 g/mol. The van der Waals surface area contributed by atoms with E-state index in [0.717, 1.165) is 0 Å². The van der Waals surface area contributed by atoms with E-state index in [1.54, 1.807) is 6.07 Å². The molecule has 138 valence electrons. The second-order valence-electron chi connectivity index (χ2n) is 5.93. The number of hydrogen-bond acceptors (Lipinski definition) is 10. The van der Waals surface area contributed by atoms with Crippen molar-refractivity contribution in [3.8, 4) is 0 Å². The SMILES string of the molecule is Nc1ccoc1CNc1ncnc2c1ncn2C1O[C@H](CO)[C@@H](O)[C@@H]1O. The molecule has 4 heterocycles. The van der Waals surface area contributed by atoms with Gasteiger partial charge in [0.15, 0.2) is 23.2 Å². The van der Waals surface area contributed by atoms with Crippen LogP contribution >= 0.6 is 0 Å². The van der Waals surface area contributed by atoms with Crippen molar-refractivity contribution in [1.82, 2.24) is 19.5 Å². The van der Waals surface area contributed by atoms with Crippen LogP contribution in [-0.4, -0.2) is 59.8 Å². The Bertz CT molecular complexity index is 911. The molecule has 0 spiro atoms. The van der Waals surface area contributed by atoms with Crippen molar-refractivity contribution in [3.05, 3.63) is 30.7 Å². The summed E-state index contributed by atoms with van der Waals surface area (Å²) in [7, 11) is 0. The quantitative estimate of drug-likeness (QED) is 0.389. The highest BCUT2D eigenvalue weighted by molar-refractivity contribution is 5.82. The molecule has 3 aromatic rings. The Kier molecular flexibility index (Phi) is 4.20. The third-order valence-corrected chi connectivity index (χ3v) is 4.35. The minimum absolute atomic E-state index is 0.311. The molecular formula is C15H18N6O5. The molecule has 4 atom stereocenters. The summed E-state index contributed by atoms with van der Waals surface area (Å²) in [6, 6.07) is 1.66. The van der Waals surface area contributed by atoms with Gasteiger partial charge in [-0.2, -0.15) is 0 Å². The van der Waals surface area contributed by atoms with E-state index < -0.39 is 31.1 Å². The Morgan fingerprint density at radius 1 is 1.23 bits per heavy atom. The Morgan fingerprint density at radius 3 is 2.77 bits per heavy atom. The number of furan rings is 1. The van der Waals surface area contributed by atoms with E-state index in [1.807, 2.05) is 0 Å². The molecule has 11 heteroatoms. The smallest absolute Gasteiger partial charge is 0.167 e. The summed E-state index contributed by atoms with van der Waals surface area (Å²) in [5.74, 6) is 1.02. The van der Waals surface area contributed by atoms with E-state index in [1.165, 1.54) is 23.5 Å². The summed E-state index contributed by atoms with van der Waals surface area (Å²) in [6.07, 6.45) is 0.0483. The Hall–Kier alpha value is -2.73. The van der Waals surface area contributed by atoms with Crippen molar-refractivity contribution in [3.63, 3.8) is 0 Å². The molecule has 0 aliphatic carbocycles. The third kappa shape index (κ3) is 2.66. The van der Waals surface area contributed by atoms with E-state index in [4.69, 9.17) is 14.9 Å². The maximum absolute atomic E-state index is 10.2. The summed E-state index contributed by atoms with van der Waals surface area (Å²) in [5, 5.41) is 32.4. The van der Waals surface area contributed by atoms with Crippen molar-refractivity contribution < 1.29 is 24.5 Å². The molecule has 3 aromatic heterocycles. The lowest BCUT2D eigenvalue weighted by molar-refractivity contribution is -0.0511. The largest absolute Gasteiger partial charge is 0.465 e. The van der Waals surface area contributed by atoms with Crippen LogP contribution in [-0.2, 0) is 11.3 Å². The predicted octanol–water partition coefficient (Wildman–Crippen LogP) is -0.775. The number of nitrogen functional groups attached to an aromatic ring is 1. The Morgan fingerprint density at radius 2 is 2.08 bits per heavy atom. The van der Waals surface area contributed by atoms with Crippen LogP contribution in [0.15, 0.2) is 29.4 Å². The van der Waals surface area contributed by atoms with Gasteiger partial charge in [-0.3, -0.25) is 4.57 Å². The van der Waals surface area contributed by atoms with Gasteiger partial charge in [-0.15, -0.1) is 0 Å². The summed E-state index contributed by atoms with van der Waals surface area (Å²) >= 11 is 0. The summed E-state index contributed by atoms with van der Waals surface area (Å²) in [6.45, 7) is -0.0978. The Labute approximate surface area is 147 Å². The summed E-state index contributed by atoms with van der Waals surface area (Å²) in [4.78, 5) is 12.6. The maximum atomic E-state index is 10.2. The fourth-order valence-corrected chi connectivity index (χ4v) is 2.94. The number of fused-ring (bicyclic) bond motifs is 1. The zero-order valence-corrected chi connectivity index (χ0v) is 13.6. The van der Waals surface area contributed by atoms with E-state index in [2.05, 4.69) is 20.3 Å². The monoisotopic (exact) mass is 362 g/mol. The molecule has 0 radical (unpaired) electrons. The molecule has 0 bridgehead atoms. The van der Waals surface area contributed by atoms with Crippen LogP contribution in [0.25, 0.3) is 11.2 Å². The van der Waals surface area contributed by atoms with Crippen LogP contribution in [0.5, 0.6) is 0 Å². The number of ether oxygens (including phenoxy) is 1. The molecule has 1 aliphatic heterocycles. The van der Waals surface area contributed by atoms with Crippen LogP contribution in [0.2, 0.25) is 0 Å². The highest BCUT2D eigenvalue weighted by atomic mass is 16.6. The first kappa shape index (κ1) is 16.7. The number of hydrogen-bond donors (Lipinski definition) is 5. The first-order valence-electron chi connectivity index (χ1n) is 7.96. The molecule has 6 N–H and O–H groups in total. The molecule has 0 saturated carbocycles. The number of nitrogens with zero attached hydrogens (tertiary/aromatic N) is 4. The minimum Gasteiger partial charge on any atom is -0.465 e. The number of aromatic nitrogens is 4. The highest BCUT2D eigenvalue weighted by Crippen LogP contribution is 2.32. The lowest BCUT2D eigenvalue weighted by Gasteiger charge is -2.16. The standard InChI is InChI=1S/C15H18N6O5/c16-7-1-2-25-8(7)3-17-13-10-14(19-5-18-13)21(6-20-10)15-12(24)11(23)9(4-22)26-15/h1-2,5-6,9,11-12,15,22-24H,3-4,16H2,(H,17,18,19)/t9-,11-,12+,15?/m1/s1. The molecule has 26 heavy (non-hydrogen) atoms. The van der Waals surface area contributed by atoms with E-state index >= 15 is 0 Å². The number of aliphatic hydroxyl groups is 3. The molecule has 1 aliphatic rings. The van der Waals surface area contributed by atoms with Gasteiger partial charge < -0.3 is 35.5 Å². The molecule has 4 rings (SSSR count). The topological polar surface area (TPSA) is 165 Å². The summed E-state index contributed by atoms with van der Waals surface area (Å²) < 4.78 is 12.3. The van der Waals surface area contributed by atoms with E-state index in [-0.39, 0.29) is 0 Å². The number of rotatable bonds is 5. The minimum atomic E-state index is -1.22. The summed E-state index contributed by atoms with van der Waals surface area (Å²) in [5.41, 5.74) is 7.17. The number of anilines is 2. The second-order valence-corrected chi connectivity index (χ2v) is 5.93. The van der Waals surface area contributed by atoms with Crippen molar-refractivity contribution in [2.24, 2.45) is 0 Å². The van der Waals surface area contributed by atoms with Crippen molar-refractivity contribution in [1.29, 1.82) is 0 Å². The molecular weight excluding hydrogens is 344 g/mol. The molecule has 1 unspecified atom stereocenters. The first-order chi connectivity index (χ1) is 12.6. The van der Waals surface area contributed by atoms with Crippen molar-refractivity contribution >= 4 is 22.7 Å². The number of imidazole rings is 1. The normalized spacial score (nSPS) is 25.8. The van der Waals surface area contributed by atoms with Gasteiger partial charge in [0, 0.05) is 0 Å². The lowest BCUT2D eigenvalue weighted by Crippen LogP contribution is -2.33. The van der Waals surface area contributed by atoms with E-state index in [9.17, 15) is 15.3 Å². The van der Waals surface area contributed by atoms with Gasteiger partial charge in [0.2, 0.25) is 0 Å². The molecule has 0 aromatic carbocycles. The van der Waals surface area contributed by atoms with Crippen LogP contribution in [0, 0.1) is 0 Å². The molecule has 1 fully saturated rings. The third-order valence-electron chi connectivity index (χ3n) is 4.35. The maximum Gasteiger partial charge on any atom is 0.167 e. The first-order valence-corrected chi connectivity index (χ1v) is 7.96. The van der Waals surface area contributed by atoms with Gasteiger partial charge >= 0.3 is 0 Å². The molecule has 11 nitrogen and oxygen atoms in total. The van der Waals surface area contributed by atoms with Gasteiger partial charge in [0.1, 0.15) is 30.4 Å². The van der Waals surface area contributed by atoms with E-state index in [0.29, 0.717) is 35.0 Å². The second kappa shape index (κ2) is 6.53. The van der Waals surface area contributed by atoms with Gasteiger partial charge in [-0.05, 0) is 6.07 Å². The molecule has 1 saturated heterocycles. The average Bonchev–Trinajstić information content (AvgIpc) is 3.32. The number of nitrogens with one attached hydrogen (secondary N) is 1.